The van der Waals surface area contributed by atoms with Crippen molar-refractivity contribution in [2.75, 3.05) is 11.1 Å². The van der Waals surface area contributed by atoms with Gasteiger partial charge >= 0.3 is 0 Å². The summed E-state index contributed by atoms with van der Waals surface area (Å²) in [5.74, 6) is 1.63. The normalized spacial score (nSPS) is 14.8. The molecule has 2 heterocycles. The molecule has 1 aromatic carbocycles. The summed E-state index contributed by atoms with van der Waals surface area (Å²) in [4.78, 5) is 17.4. The van der Waals surface area contributed by atoms with E-state index in [1.54, 1.807) is 4.68 Å². The molecule has 0 aliphatic heterocycles. The molecule has 1 fully saturated rings. The van der Waals surface area contributed by atoms with Crippen LogP contribution in [0.3, 0.4) is 0 Å². The summed E-state index contributed by atoms with van der Waals surface area (Å²) in [6, 6.07) is 10.1. The molecule has 2 aromatic heterocycles. The van der Waals surface area contributed by atoms with Crippen molar-refractivity contribution in [1.29, 1.82) is 0 Å². The molecule has 30 heavy (non-hydrogen) atoms. The number of benzene rings is 1. The maximum absolute atomic E-state index is 12.5. The number of para-hydroxylation sites is 1. The monoisotopic (exact) mass is 424 g/mol. The molecule has 0 atom stereocenters. The zero-order chi connectivity index (χ0) is 21.1. The summed E-state index contributed by atoms with van der Waals surface area (Å²) in [5.41, 5.74) is 3.56. The minimum Gasteiger partial charge on any atom is -0.322 e. The van der Waals surface area contributed by atoms with Gasteiger partial charge in [0.05, 0.1) is 28.5 Å². The number of hydrogen-bond acceptors (Lipinski definition) is 5. The minimum atomic E-state index is -0.0746. The van der Waals surface area contributed by atoms with E-state index in [-0.39, 0.29) is 11.7 Å². The number of aryl methyl sites for hydroxylation is 2. The lowest BCUT2D eigenvalue weighted by Crippen LogP contribution is -2.15. The maximum atomic E-state index is 12.5. The number of aromatic nitrogens is 5. The summed E-state index contributed by atoms with van der Waals surface area (Å²) in [6.07, 6.45) is 6.07. The molecule has 0 bridgehead atoms. The molecular formula is C22H28N6OS. The number of carbonyl (C=O) groups excluding carboxylic acids is 1. The van der Waals surface area contributed by atoms with Gasteiger partial charge in [0.15, 0.2) is 0 Å². The Labute approximate surface area is 181 Å². The molecule has 0 saturated heterocycles. The standard InChI is InChI=1S/C22H28N6OS/c1-15-20(16(2)27(3)25-15)23-19(29)14-30-22-24-21(17-10-6-4-7-11-17)28(26-22)18-12-8-5-9-13-18/h5,8-9,12-13,17H,4,6-7,10-11,14H2,1-3H3,(H,23,29). The number of carbonyl (C=O) groups is 1. The van der Waals surface area contributed by atoms with Gasteiger partial charge in [0.2, 0.25) is 11.1 Å². The highest BCUT2D eigenvalue weighted by Crippen LogP contribution is 2.33. The first-order chi connectivity index (χ1) is 14.5. The fourth-order valence-corrected chi connectivity index (χ4v) is 4.64. The molecule has 3 aromatic rings. The van der Waals surface area contributed by atoms with Crippen LogP contribution in [0.15, 0.2) is 35.5 Å². The van der Waals surface area contributed by atoms with E-state index < -0.39 is 0 Å². The Morgan fingerprint density at radius 1 is 1.13 bits per heavy atom. The Balaban J connectivity index is 1.50. The molecule has 0 spiro atoms. The molecule has 1 aliphatic rings. The molecule has 1 amide bonds. The van der Waals surface area contributed by atoms with Gasteiger partial charge in [-0.3, -0.25) is 9.48 Å². The molecule has 4 rings (SSSR count). The van der Waals surface area contributed by atoms with Crippen LogP contribution < -0.4 is 5.32 Å². The van der Waals surface area contributed by atoms with Gasteiger partial charge < -0.3 is 5.32 Å². The second-order valence-electron chi connectivity index (χ2n) is 7.84. The first-order valence-corrected chi connectivity index (χ1v) is 11.5. The second-order valence-corrected chi connectivity index (χ2v) is 8.78. The van der Waals surface area contributed by atoms with Gasteiger partial charge in [-0.2, -0.15) is 5.10 Å². The number of rotatable bonds is 6. The number of anilines is 1. The van der Waals surface area contributed by atoms with Crippen LogP contribution in [-0.4, -0.2) is 36.2 Å². The molecule has 1 N–H and O–H groups in total. The van der Waals surface area contributed by atoms with Crippen LogP contribution in [0.5, 0.6) is 0 Å². The molecule has 158 valence electrons. The first kappa shape index (κ1) is 20.7. The average molecular weight is 425 g/mol. The molecule has 7 nitrogen and oxygen atoms in total. The van der Waals surface area contributed by atoms with Crippen molar-refractivity contribution >= 4 is 23.4 Å². The zero-order valence-electron chi connectivity index (χ0n) is 17.8. The Kier molecular flexibility index (Phi) is 6.22. The third-order valence-corrected chi connectivity index (χ3v) is 6.53. The highest BCUT2D eigenvalue weighted by molar-refractivity contribution is 7.99. The molecular weight excluding hydrogens is 396 g/mol. The van der Waals surface area contributed by atoms with E-state index in [9.17, 15) is 4.79 Å². The summed E-state index contributed by atoms with van der Waals surface area (Å²) >= 11 is 1.38. The van der Waals surface area contributed by atoms with Gasteiger partial charge in [-0.25, -0.2) is 9.67 Å². The van der Waals surface area contributed by atoms with Crippen LogP contribution in [0.1, 0.15) is 55.2 Å². The lowest BCUT2D eigenvalue weighted by molar-refractivity contribution is -0.113. The topological polar surface area (TPSA) is 77.6 Å². The van der Waals surface area contributed by atoms with Crippen molar-refractivity contribution in [3.8, 4) is 5.69 Å². The van der Waals surface area contributed by atoms with E-state index in [2.05, 4.69) is 22.5 Å². The van der Waals surface area contributed by atoms with Gasteiger partial charge in [0.25, 0.3) is 0 Å². The van der Waals surface area contributed by atoms with Crippen LogP contribution in [-0.2, 0) is 11.8 Å². The van der Waals surface area contributed by atoms with E-state index in [0.717, 1.165) is 41.4 Å². The number of thioether (sulfide) groups is 1. The van der Waals surface area contributed by atoms with E-state index in [0.29, 0.717) is 11.1 Å². The van der Waals surface area contributed by atoms with E-state index in [1.165, 1.54) is 31.0 Å². The van der Waals surface area contributed by atoms with Crippen molar-refractivity contribution in [3.63, 3.8) is 0 Å². The van der Waals surface area contributed by atoms with Crippen molar-refractivity contribution in [1.82, 2.24) is 24.5 Å². The van der Waals surface area contributed by atoms with Gasteiger partial charge in [-0.05, 0) is 38.8 Å². The third-order valence-electron chi connectivity index (χ3n) is 5.69. The minimum absolute atomic E-state index is 0.0746. The smallest absolute Gasteiger partial charge is 0.234 e. The Hall–Kier alpha value is -2.61. The number of hydrogen-bond donors (Lipinski definition) is 1. The Morgan fingerprint density at radius 2 is 1.87 bits per heavy atom. The van der Waals surface area contributed by atoms with Crippen molar-refractivity contribution in [3.05, 3.63) is 47.5 Å². The summed E-state index contributed by atoms with van der Waals surface area (Å²) in [7, 11) is 1.87. The molecule has 1 aliphatic carbocycles. The fourth-order valence-electron chi connectivity index (χ4n) is 4.01. The highest BCUT2D eigenvalue weighted by Gasteiger charge is 2.24. The quantitative estimate of drug-likeness (QED) is 0.594. The lowest BCUT2D eigenvalue weighted by atomic mass is 9.88. The largest absolute Gasteiger partial charge is 0.322 e. The first-order valence-electron chi connectivity index (χ1n) is 10.5. The van der Waals surface area contributed by atoms with E-state index in [1.807, 2.05) is 43.8 Å². The Morgan fingerprint density at radius 3 is 2.53 bits per heavy atom. The van der Waals surface area contributed by atoms with Gasteiger partial charge in [-0.15, -0.1) is 5.10 Å². The predicted molar refractivity (Wildman–Crippen MR) is 119 cm³/mol. The summed E-state index contributed by atoms with van der Waals surface area (Å²) < 4.78 is 3.74. The van der Waals surface area contributed by atoms with Gasteiger partial charge in [0, 0.05) is 13.0 Å². The van der Waals surface area contributed by atoms with Crippen molar-refractivity contribution in [2.24, 2.45) is 7.05 Å². The SMILES string of the molecule is Cc1nn(C)c(C)c1NC(=O)CSc1nc(C2CCCCC2)n(-c2ccccc2)n1. The van der Waals surface area contributed by atoms with E-state index in [4.69, 9.17) is 10.1 Å². The molecule has 0 radical (unpaired) electrons. The maximum Gasteiger partial charge on any atom is 0.234 e. The fraction of sp³-hybridized carbons (Fsp3) is 0.455. The van der Waals surface area contributed by atoms with Crippen LogP contribution in [0.25, 0.3) is 5.69 Å². The molecule has 1 saturated carbocycles. The zero-order valence-corrected chi connectivity index (χ0v) is 18.6. The molecule has 0 unspecified atom stereocenters. The van der Waals surface area contributed by atoms with Crippen LogP contribution in [0.2, 0.25) is 0 Å². The lowest BCUT2D eigenvalue weighted by Gasteiger charge is -2.21. The van der Waals surface area contributed by atoms with Crippen LogP contribution >= 0.6 is 11.8 Å². The second kappa shape index (κ2) is 9.04. The number of nitrogens with zero attached hydrogens (tertiary/aromatic N) is 5. The Bertz CT molecular complexity index is 1020. The van der Waals surface area contributed by atoms with Gasteiger partial charge in [-0.1, -0.05) is 49.2 Å². The summed E-state index contributed by atoms with van der Waals surface area (Å²) in [5, 5.41) is 12.7. The van der Waals surface area contributed by atoms with E-state index >= 15 is 0 Å². The van der Waals surface area contributed by atoms with Crippen LogP contribution in [0.4, 0.5) is 5.69 Å². The van der Waals surface area contributed by atoms with Crippen LogP contribution in [0, 0.1) is 13.8 Å². The van der Waals surface area contributed by atoms with Crippen molar-refractivity contribution in [2.45, 2.75) is 57.0 Å². The number of amides is 1. The van der Waals surface area contributed by atoms with Gasteiger partial charge in [0.1, 0.15) is 5.82 Å². The predicted octanol–water partition coefficient (Wildman–Crippen LogP) is 4.40. The summed E-state index contributed by atoms with van der Waals surface area (Å²) in [6.45, 7) is 3.84. The molecule has 8 heteroatoms. The number of nitrogens with one attached hydrogen (secondary N) is 1. The van der Waals surface area contributed by atoms with Crippen molar-refractivity contribution < 1.29 is 4.79 Å². The third kappa shape index (κ3) is 4.43. The average Bonchev–Trinajstić information content (AvgIpc) is 3.30. The highest BCUT2D eigenvalue weighted by atomic mass is 32.2.